The van der Waals surface area contributed by atoms with Gasteiger partial charge >= 0.3 is 0 Å². The fourth-order valence-corrected chi connectivity index (χ4v) is 1.30. The second-order valence-electron chi connectivity index (χ2n) is 3.77. The van der Waals surface area contributed by atoms with Crippen LogP contribution in [0, 0.1) is 5.41 Å². The van der Waals surface area contributed by atoms with Crippen molar-refractivity contribution in [1.82, 2.24) is 0 Å². The molecule has 0 saturated carbocycles. The molecule has 0 unspecified atom stereocenters. The largest absolute Gasteiger partial charge is 0.453 e. The predicted molar refractivity (Wildman–Crippen MR) is 54.2 cm³/mol. The third-order valence-corrected chi connectivity index (χ3v) is 2.58. The number of hydrogen-bond donors (Lipinski definition) is 2. The highest BCUT2D eigenvalue weighted by Gasteiger charge is 2.29. The summed E-state index contributed by atoms with van der Waals surface area (Å²) in [5.41, 5.74) is 5.56. The lowest BCUT2D eigenvalue weighted by Gasteiger charge is -2.27. The summed E-state index contributed by atoms with van der Waals surface area (Å²) >= 11 is 3.20. The third-order valence-electron chi connectivity index (χ3n) is 2.15. The first-order chi connectivity index (χ1) is 5.97. The molecule has 1 heterocycles. The van der Waals surface area contributed by atoms with Gasteiger partial charge in [-0.15, -0.1) is 0 Å². The SMILES string of the molecule is CC(C)(CO)[C@H](N)c1ccc(Br)o1. The van der Waals surface area contributed by atoms with Gasteiger partial charge in [0.1, 0.15) is 5.76 Å². The molecule has 0 aromatic carbocycles. The van der Waals surface area contributed by atoms with E-state index in [1.807, 2.05) is 19.9 Å². The van der Waals surface area contributed by atoms with Crippen LogP contribution in [0.25, 0.3) is 0 Å². The number of hydrogen-bond acceptors (Lipinski definition) is 3. The van der Waals surface area contributed by atoms with Gasteiger partial charge < -0.3 is 15.3 Å². The van der Waals surface area contributed by atoms with Gasteiger partial charge in [0.15, 0.2) is 4.67 Å². The second kappa shape index (κ2) is 3.82. The zero-order valence-corrected chi connectivity index (χ0v) is 9.34. The van der Waals surface area contributed by atoms with Crippen molar-refractivity contribution in [2.45, 2.75) is 19.9 Å². The van der Waals surface area contributed by atoms with Gasteiger partial charge in [0.25, 0.3) is 0 Å². The highest BCUT2D eigenvalue weighted by molar-refractivity contribution is 9.10. The van der Waals surface area contributed by atoms with E-state index in [0.717, 1.165) is 0 Å². The van der Waals surface area contributed by atoms with E-state index in [-0.39, 0.29) is 18.1 Å². The van der Waals surface area contributed by atoms with Crippen LogP contribution in [0.15, 0.2) is 21.2 Å². The van der Waals surface area contributed by atoms with E-state index in [1.165, 1.54) is 0 Å². The molecule has 74 valence electrons. The lowest BCUT2D eigenvalue weighted by Crippen LogP contribution is -2.32. The third kappa shape index (κ3) is 2.33. The van der Waals surface area contributed by atoms with Gasteiger partial charge in [-0.1, -0.05) is 13.8 Å². The molecule has 1 aromatic rings. The van der Waals surface area contributed by atoms with Crippen molar-refractivity contribution in [3.63, 3.8) is 0 Å². The molecule has 0 radical (unpaired) electrons. The maximum atomic E-state index is 9.10. The van der Waals surface area contributed by atoms with Crippen molar-refractivity contribution < 1.29 is 9.52 Å². The lowest BCUT2D eigenvalue weighted by atomic mass is 9.84. The van der Waals surface area contributed by atoms with Gasteiger partial charge in [-0.2, -0.15) is 0 Å². The number of furan rings is 1. The van der Waals surface area contributed by atoms with Gasteiger partial charge in [-0.05, 0) is 28.1 Å². The van der Waals surface area contributed by atoms with Gasteiger partial charge in [-0.25, -0.2) is 0 Å². The van der Waals surface area contributed by atoms with E-state index >= 15 is 0 Å². The van der Waals surface area contributed by atoms with Crippen LogP contribution in [0.2, 0.25) is 0 Å². The van der Waals surface area contributed by atoms with E-state index in [0.29, 0.717) is 10.4 Å². The molecule has 0 spiro atoms. The van der Waals surface area contributed by atoms with Crippen molar-refractivity contribution in [3.05, 3.63) is 22.6 Å². The average Bonchev–Trinajstić information content (AvgIpc) is 2.50. The Labute approximate surface area is 86.1 Å². The standard InChI is InChI=1S/C9H14BrNO2/c1-9(2,5-12)8(11)6-3-4-7(10)13-6/h3-4,8,12H,5,11H2,1-2H3/t8-/m1/s1. The van der Waals surface area contributed by atoms with Gasteiger partial charge in [0.05, 0.1) is 12.6 Å². The summed E-state index contributed by atoms with van der Waals surface area (Å²) < 4.78 is 5.97. The summed E-state index contributed by atoms with van der Waals surface area (Å²) in [5, 5.41) is 9.10. The molecule has 0 aliphatic carbocycles. The summed E-state index contributed by atoms with van der Waals surface area (Å²) in [6, 6.07) is 3.32. The Balaban J connectivity index is 2.84. The highest BCUT2D eigenvalue weighted by atomic mass is 79.9. The predicted octanol–water partition coefficient (Wildman–Crippen LogP) is 2.06. The molecule has 3 N–H and O–H groups in total. The van der Waals surface area contributed by atoms with Crippen molar-refractivity contribution in [1.29, 1.82) is 0 Å². The Morgan fingerprint density at radius 3 is 2.62 bits per heavy atom. The first kappa shape index (κ1) is 10.8. The zero-order valence-electron chi connectivity index (χ0n) is 7.75. The minimum Gasteiger partial charge on any atom is -0.453 e. The molecule has 4 heteroatoms. The first-order valence-corrected chi connectivity index (χ1v) is 4.88. The average molecular weight is 248 g/mol. The normalized spacial score (nSPS) is 14.5. The molecule has 0 amide bonds. The Bertz CT molecular complexity index is 283. The van der Waals surface area contributed by atoms with Crippen molar-refractivity contribution in [2.75, 3.05) is 6.61 Å². The number of nitrogens with two attached hydrogens (primary N) is 1. The Morgan fingerprint density at radius 2 is 2.23 bits per heavy atom. The summed E-state index contributed by atoms with van der Waals surface area (Å²) in [5.74, 6) is 0.686. The lowest BCUT2D eigenvalue weighted by molar-refractivity contribution is 0.122. The van der Waals surface area contributed by atoms with E-state index < -0.39 is 0 Å². The van der Waals surface area contributed by atoms with Crippen LogP contribution in [0.1, 0.15) is 25.6 Å². The van der Waals surface area contributed by atoms with Gasteiger partial charge in [-0.3, -0.25) is 0 Å². The zero-order chi connectivity index (χ0) is 10.1. The Morgan fingerprint density at radius 1 is 1.62 bits per heavy atom. The molecule has 3 nitrogen and oxygen atoms in total. The molecule has 0 aliphatic rings. The topological polar surface area (TPSA) is 59.4 Å². The van der Waals surface area contributed by atoms with E-state index in [9.17, 15) is 0 Å². The molecular weight excluding hydrogens is 234 g/mol. The van der Waals surface area contributed by atoms with Crippen LogP contribution in [-0.2, 0) is 0 Å². The summed E-state index contributed by atoms with van der Waals surface area (Å²) in [7, 11) is 0. The van der Waals surface area contributed by atoms with Crippen LogP contribution >= 0.6 is 15.9 Å². The van der Waals surface area contributed by atoms with Crippen molar-refractivity contribution in [3.8, 4) is 0 Å². The van der Waals surface area contributed by atoms with Gasteiger partial charge in [0, 0.05) is 5.41 Å². The van der Waals surface area contributed by atoms with Crippen molar-refractivity contribution >= 4 is 15.9 Å². The van der Waals surface area contributed by atoms with E-state index in [2.05, 4.69) is 15.9 Å². The molecule has 0 aliphatic heterocycles. The van der Waals surface area contributed by atoms with E-state index in [4.69, 9.17) is 15.3 Å². The molecule has 1 rings (SSSR count). The maximum absolute atomic E-state index is 9.10. The van der Waals surface area contributed by atoms with Crippen LogP contribution in [0.5, 0.6) is 0 Å². The Hall–Kier alpha value is -0.320. The Kier molecular flexibility index (Phi) is 3.16. The fourth-order valence-electron chi connectivity index (χ4n) is 0.979. The number of halogens is 1. The molecule has 13 heavy (non-hydrogen) atoms. The number of aliphatic hydroxyl groups is 1. The number of rotatable bonds is 3. The second-order valence-corrected chi connectivity index (χ2v) is 4.55. The van der Waals surface area contributed by atoms with Crippen LogP contribution in [0.4, 0.5) is 0 Å². The minimum atomic E-state index is -0.364. The first-order valence-electron chi connectivity index (χ1n) is 4.09. The quantitative estimate of drug-likeness (QED) is 0.860. The smallest absolute Gasteiger partial charge is 0.169 e. The van der Waals surface area contributed by atoms with Crippen molar-refractivity contribution in [2.24, 2.45) is 11.1 Å². The highest BCUT2D eigenvalue weighted by Crippen LogP contribution is 2.32. The monoisotopic (exact) mass is 247 g/mol. The summed E-state index contributed by atoms with van der Waals surface area (Å²) in [4.78, 5) is 0. The van der Waals surface area contributed by atoms with Crippen LogP contribution in [0.3, 0.4) is 0 Å². The summed E-state index contributed by atoms with van der Waals surface area (Å²) in [6.45, 7) is 3.83. The van der Waals surface area contributed by atoms with Gasteiger partial charge in [0.2, 0.25) is 0 Å². The maximum Gasteiger partial charge on any atom is 0.169 e. The molecule has 0 bridgehead atoms. The molecular formula is C9H14BrNO2. The molecule has 1 aromatic heterocycles. The summed E-state index contributed by atoms with van der Waals surface area (Å²) in [6.07, 6.45) is 0. The molecule has 0 saturated heterocycles. The fraction of sp³-hybridized carbons (Fsp3) is 0.556. The molecule has 1 atom stereocenters. The number of aliphatic hydroxyl groups excluding tert-OH is 1. The van der Waals surface area contributed by atoms with Crippen LogP contribution in [-0.4, -0.2) is 11.7 Å². The minimum absolute atomic E-state index is 0.0342. The molecule has 0 fully saturated rings. The van der Waals surface area contributed by atoms with Crippen LogP contribution < -0.4 is 5.73 Å². The van der Waals surface area contributed by atoms with E-state index in [1.54, 1.807) is 6.07 Å².